The fraction of sp³-hybridized carbons (Fsp3) is 0.227. The third kappa shape index (κ3) is 3.95. The SMILES string of the molecule is COc1ccc(-c2cc(C(N)=O)nc3c2CCN(Cc2cc[nH]c(=O)c2)C3)c(F)c1. The molecule has 0 saturated heterocycles. The van der Waals surface area contributed by atoms with E-state index in [0.717, 1.165) is 11.1 Å². The van der Waals surface area contributed by atoms with Crippen LogP contribution in [0.1, 0.15) is 27.3 Å². The zero-order chi connectivity index (χ0) is 21.3. The van der Waals surface area contributed by atoms with E-state index in [-0.39, 0.29) is 11.3 Å². The average molecular weight is 408 g/mol. The molecule has 3 N–H and O–H groups in total. The van der Waals surface area contributed by atoms with E-state index in [0.29, 0.717) is 48.6 Å². The summed E-state index contributed by atoms with van der Waals surface area (Å²) in [5.41, 5.74) is 8.88. The van der Waals surface area contributed by atoms with Crippen LogP contribution in [-0.4, -0.2) is 34.4 Å². The minimum Gasteiger partial charge on any atom is -0.497 e. The zero-order valence-corrected chi connectivity index (χ0v) is 16.4. The molecule has 0 radical (unpaired) electrons. The van der Waals surface area contributed by atoms with Crippen LogP contribution in [0.2, 0.25) is 0 Å². The number of hydrogen-bond donors (Lipinski definition) is 2. The van der Waals surface area contributed by atoms with Gasteiger partial charge in [-0.25, -0.2) is 9.37 Å². The van der Waals surface area contributed by atoms with E-state index >= 15 is 0 Å². The van der Waals surface area contributed by atoms with Gasteiger partial charge in [0, 0.05) is 43.5 Å². The molecule has 154 valence electrons. The summed E-state index contributed by atoms with van der Waals surface area (Å²) < 4.78 is 19.9. The molecule has 2 aromatic heterocycles. The van der Waals surface area contributed by atoms with Crippen molar-refractivity contribution < 1.29 is 13.9 Å². The molecule has 0 unspecified atom stereocenters. The highest BCUT2D eigenvalue weighted by atomic mass is 19.1. The van der Waals surface area contributed by atoms with Gasteiger partial charge < -0.3 is 15.5 Å². The molecule has 0 atom stereocenters. The molecule has 1 amide bonds. The number of nitrogens with zero attached hydrogens (tertiary/aromatic N) is 2. The molecule has 30 heavy (non-hydrogen) atoms. The Morgan fingerprint density at radius 2 is 2.10 bits per heavy atom. The smallest absolute Gasteiger partial charge is 0.267 e. The fourth-order valence-electron chi connectivity index (χ4n) is 3.78. The Bertz CT molecular complexity index is 1180. The summed E-state index contributed by atoms with van der Waals surface area (Å²) >= 11 is 0. The van der Waals surface area contributed by atoms with Gasteiger partial charge in [0.1, 0.15) is 17.3 Å². The third-order valence-corrected chi connectivity index (χ3v) is 5.23. The van der Waals surface area contributed by atoms with E-state index in [1.54, 1.807) is 30.5 Å². The number of fused-ring (bicyclic) bond motifs is 1. The van der Waals surface area contributed by atoms with Gasteiger partial charge in [0.25, 0.3) is 5.91 Å². The van der Waals surface area contributed by atoms with Crippen molar-refractivity contribution >= 4 is 5.91 Å². The van der Waals surface area contributed by atoms with Crippen LogP contribution in [0.3, 0.4) is 0 Å². The van der Waals surface area contributed by atoms with Crippen LogP contribution in [0.5, 0.6) is 5.75 Å². The predicted molar refractivity (Wildman–Crippen MR) is 110 cm³/mol. The van der Waals surface area contributed by atoms with Gasteiger partial charge in [-0.05, 0) is 47.4 Å². The first kappa shape index (κ1) is 19.8. The summed E-state index contributed by atoms with van der Waals surface area (Å²) in [6.45, 7) is 1.74. The van der Waals surface area contributed by atoms with Crippen molar-refractivity contribution in [1.29, 1.82) is 0 Å². The highest BCUT2D eigenvalue weighted by molar-refractivity contribution is 5.92. The topological polar surface area (TPSA) is 101 Å². The number of nitrogens with one attached hydrogen (secondary N) is 1. The Morgan fingerprint density at radius 1 is 1.27 bits per heavy atom. The van der Waals surface area contributed by atoms with Crippen molar-refractivity contribution in [3.8, 4) is 16.9 Å². The molecule has 0 spiro atoms. The molecule has 0 aliphatic carbocycles. The lowest BCUT2D eigenvalue weighted by Gasteiger charge is -2.29. The highest BCUT2D eigenvalue weighted by Gasteiger charge is 2.24. The van der Waals surface area contributed by atoms with Crippen LogP contribution in [0.4, 0.5) is 4.39 Å². The van der Waals surface area contributed by atoms with Gasteiger partial charge in [-0.15, -0.1) is 0 Å². The van der Waals surface area contributed by atoms with E-state index in [1.807, 2.05) is 6.07 Å². The first-order valence-electron chi connectivity index (χ1n) is 9.51. The lowest BCUT2D eigenvalue weighted by Crippen LogP contribution is -2.32. The number of amides is 1. The molecule has 1 aliphatic heterocycles. The van der Waals surface area contributed by atoms with Crippen molar-refractivity contribution in [1.82, 2.24) is 14.9 Å². The number of pyridine rings is 2. The van der Waals surface area contributed by atoms with E-state index in [9.17, 15) is 14.0 Å². The number of nitrogens with two attached hydrogens (primary N) is 1. The van der Waals surface area contributed by atoms with Gasteiger partial charge in [0.15, 0.2) is 0 Å². The number of methoxy groups -OCH3 is 1. The second kappa shape index (κ2) is 8.08. The van der Waals surface area contributed by atoms with E-state index in [2.05, 4.69) is 14.9 Å². The largest absolute Gasteiger partial charge is 0.497 e. The average Bonchev–Trinajstić information content (AvgIpc) is 2.72. The van der Waals surface area contributed by atoms with Crippen molar-refractivity contribution in [2.75, 3.05) is 13.7 Å². The molecule has 7 nitrogen and oxygen atoms in total. The molecule has 3 heterocycles. The summed E-state index contributed by atoms with van der Waals surface area (Å²) in [6.07, 6.45) is 2.24. The molecule has 0 saturated carbocycles. The molecule has 3 aromatic rings. The quantitative estimate of drug-likeness (QED) is 0.674. The Hall–Kier alpha value is -3.52. The molecule has 1 aliphatic rings. The van der Waals surface area contributed by atoms with Crippen molar-refractivity contribution in [2.24, 2.45) is 5.73 Å². The lowest BCUT2D eigenvalue weighted by atomic mass is 9.92. The number of H-pyrrole nitrogens is 1. The second-order valence-electron chi connectivity index (χ2n) is 7.21. The lowest BCUT2D eigenvalue weighted by molar-refractivity contribution is 0.0995. The summed E-state index contributed by atoms with van der Waals surface area (Å²) in [7, 11) is 1.48. The number of benzene rings is 1. The number of hydrogen-bond acceptors (Lipinski definition) is 5. The summed E-state index contributed by atoms with van der Waals surface area (Å²) in [5.74, 6) is -0.692. The number of carbonyl (C=O) groups excluding carboxylic acids is 1. The Balaban J connectivity index is 1.72. The standard InChI is InChI=1S/C22H21FN4O3/c1-30-14-2-3-15(18(23)9-14)17-10-19(22(24)29)26-20-12-27(7-5-16(17)20)11-13-4-6-25-21(28)8-13/h2-4,6,8-10H,5,7,11-12H2,1H3,(H2,24,29)(H,25,28). The minimum absolute atomic E-state index is 0.0944. The summed E-state index contributed by atoms with van der Waals surface area (Å²) in [4.78, 5) is 32.6. The number of aromatic nitrogens is 2. The number of carbonyl (C=O) groups is 1. The monoisotopic (exact) mass is 408 g/mol. The fourth-order valence-corrected chi connectivity index (χ4v) is 3.78. The van der Waals surface area contributed by atoms with Gasteiger partial charge in [0.2, 0.25) is 5.56 Å². The molecule has 4 rings (SSSR count). The number of ether oxygens (including phenoxy) is 1. The predicted octanol–water partition coefficient (Wildman–Crippen LogP) is 2.24. The van der Waals surface area contributed by atoms with Crippen LogP contribution >= 0.6 is 0 Å². The first-order chi connectivity index (χ1) is 14.4. The van der Waals surface area contributed by atoms with Gasteiger partial charge >= 0.3 is 0 Å². The summed E-state index contributed by atoms with van der Waals surface area (Å²) in [5, 5.41) is 0. The summed E-state index contributed by atoms with van der Waals surface area (Å²) in [6, 6.07) is 9.59. The van der Waals surface area contributed by atoms with Crippen LogP contribution in [0, 0.1) is 5.82 Å². The zero-order valence-electron chi connectivity index (χ0n) is 16.4. The van der Waals surface area contributed by atoms with Crippen molar-refractivity contribution in [3.05, 3.63) is 81.3 Å². The minimum atomic E-state index is -0.667. The number of aromatic amines is 1. The van der Waals surface area contributed by atoms with E-state index in [4.69, 9.17) is 10.5 Å². The van der Waals surface area contributed by atoms with Gasteiger partial charge in [-0.1, -0.05) is 0 Å². The normalized spacial score (nSPS) is 13.7. The number of halogens is 1. The second-order valence-corrected chi connectivity index (χ2v) is 7.21. The van der Waals surface area contributed by atoms with Gasteiger partial charge in [-0.3, -0.25) is 14.5 Å². The molecule has 1 aromatic carbocycles. The highest BCUT2D eigenvalue weighted by Crippen LogP contribution is 2.33. The maximum Gasteiger partial charge on any atom is 0.267 e. The van der Waals surface area contributed by atoms with Crippen LogP contribution in [0.15, 0.2) is 47.4 Å². The van der Waals surface area contributed by atoms with Crippen LogP contribution < -0.4 is 16.0 Å². The van der Waals surface area contributed by atoms with Crippen LogP contribution in [0.25, 0.3) is 11.1 Å². The van der Waals surface area contributed by atoms with E-state index in [1.165, 1.54) is 13.2 Å². The van der Waals surface area contributed by atoms with Crippen LogP contribution in [-0.2, 0) is 19.5 Å². The Labute approximate surface area is 172 Å². The van der Waals surface area contributed by atoms with Gasteiger partial charge in [-0.2, -0.15) is 0 Å². The first-order valence-corrected chi connectivity index (χ1v) is 9.51. The van der Waals surface area contributed by atoms with Crippen molar-refractivity contribution in [2.45, 2.75) is 19.5 Å². The Morgan fingerprint density at radius 3 is 2.80 bits per heavy atom. The van der Waals surface area contributed by atoms with E-state index < -0.39 is 11.7 Å². The van der Waals surface area contributed by atoms with Crippen molar-refractivity contribution in [3.63, 3.8) is 0 Å². The van der Waals surface area contributed by atoms with Gasteiger partial charge in [0.05, 0.1) is 12.8 Å². The molecular weight excluding hydrogens is 387 g/mol. The Kier molecular flexibility index (Phi) is 5.33. The third-order valence-electron chi connectivity index (χ3n) is 5.23. The molecule has 8 heteroatoms. The number of rotatable bonds is 5. The maximum atomic E-state index is 14.8. The maximum absolute atomic E-state index is 14.8. The molecule has 0 bridgehead atoms. The molecular formula is C22H21FN4O3. The molecule has 0 fully saturated rings. The number of primary amides is 1.